The SMILES string of the molecule is CC1(c2cccc(Br)n2)C=C(c2cccc(Br)n2)c2ccc3cccnc3c2N1. The normalized spacial score (nSPS) is 18.1. The van der Waals surface area contributed by atoms with Crippen LogP contribution in [0.4, 0.5) is 5.69 Å². The minimum Gasteiger partial charge on any atom is -0.369 e. The Morgan fingerprint density at radius 1 is 0.862 bits per heavy atom. The predicted molar refractivity (Wildman–Crippen MR) is 124 cm³/mol. The molecule has 0 aliphatic carbocycles. The van der Waals surface area contributed by atoms with Crippen LogP contribution in [0, 0.1) is 0 Å². The van der Waals surface area contributed by atoms with E-state index >= 15 is 0 Å². The first-order chi connectivity index (χ1) is 14.0. The summed E-state index contributed by atoms with van der Waals surface area (Å²) >= 11 is 7.01. The zero-order chi connectivity index (χ0) is 20.0. The third kappa shape index (κ3) is 3.26. The number of halogens is 2. The third-order valence-corrected chi connectivity index (χ3v) is 6.00. The average Bonchev–Trinajstić information content (AvgIpc) is 2.73. The molecule has 3 aromatic heterocycles. The van der Waals surface area contributed by atoms with Gasteiger partial charge >= 0.3 is 0 Å². The van der Waals surface area contributed by atoms with Gasteiger partial charge in [-0.15, -0.1) is 0 Å². The van der Waals surface area contributed by atoms with Gasteiger partial charge in [0.25, 0.3) is 0 Å². The van der Waals surface area contributed by atoms with Gasteiger partial charge in [-0.25, -0.2) is 9.97 Å². The molecule has 142 valence electrons. The summed E-state index contributed by atoms with van der Waals surface area (Å²) in [7, 11) is 0. The fourth-order valence-electron chi connectivity index (χ4n) is 3.76. The monoisotopic (exact) mass is 506 g/mol. The first-order valence-electron chi connectivity index (χ1n) is 9.19. The summed E-state index contributed by atoms with van der Waals surface area (Å²) in [5.74, 6) is 0. The fourth-order valence-corrected chi connectivity index (χ4v) is 4.45. The Hall–Kier alpha value is -2.57. The van der Waals surface area contributed by atoms with Crippen LogP contribution in [0.25, 0.3) is 16.5 Å². The van der Waals surface area contributed by atoms with E-state index in [-0.39, 0.29) is 0 Å². The van der Waals surface area contributed by atoms with Gasteiger partial charge in [-0.2, -0.15) is 0 Å². The molecule has 1 atom stereocenters. The van der Waals surface area contributed by atoms with Crippen molar-refractivity contribution >= 4 is 54.0 Å². The highest BCUT2D eigenvalue weighted by Gasteiger charge is 2.34. The van der Waals surface area contributed by atoms with E-state index in [0.717, 1.165) is 48.3 Å². The lowest BCUT2D eigenvalue weighted by Gasteiger charge is -2.35. The molecular weight excluding hydrogens is 492 g/mol. The molecule has 0 spiro atoms. The second kappa shape index (κ2) is 7.04. The summed E-state index contributed by atoms with van der Waals surface area (Å²) in [6.45, 7) is 2.13. The van der Waals surface area contributed by atoms with Crippen LogP contribution in [-0.2, 0) is 5.54 Å². The molecule has 1 aliphatic rings. The number of hydrogen-bond acceptors (Lipinski definition) is 4. The summed E-state index contributed by atoms with van der Waals surface area (Å²) in [5, 5.41) is 4.80. The highest BCUT2D eigenvalue weighted by atomic mass is 79.9. The molecule has 0 saturated heterocycles. The number of nitrogens with zero attached hydrogens (tertiary/aromatic N) is 3. The van der Waals surface area contributed by atoms with Crippen LogP contribution in [0.2, 0.25) is 0 Å². The molecule has 5 rings (SSSR count). The molecule has 0 amide bonds. The highest BCUT2D eigenvalue weighted by molar-refractivity contribution is 9.10. The number of rotatable bonds is 2. The molecule has 1 unspecified atom stereocenters. The van der Waals surface area contributed by atoms with Crippen molar-refractivity contribution in [3.63, 3.8) is 0 Å². The highest BCUT2D eigenvalue weighted by Crippen LogP contribution is 2.43. The maximum atomic E-state index is 4.73. The van der Waals surface area contributed by atoms with Gasteiger partial charge in [-0.3, -0.25) is 4.98 Å². The maximum absolute atomic E-state index is 4.73. The molecule has 0 saturated carbocycles. The van der Waals surface area contributed by atoms with Crippen LogP contribution < -0.4 is 5.32 Å². The van der Waals surface area contributed by atoms with Gasteiger partial charge in [0.15, 0.2) is 0 Å². The number of benzene rings is 1. The lowest BCUT2D eigenvalue weighted by atomic mass is 9.84. The van der Waals surface area contributed by atoms with Gasteiger partial charge in [0.05, 0.1) is 28.1 Å². The average molecular weight is 508 g/mol. The first-order valence-corrected chi connectivity index (χ1v) is 10.8. The summed E-state index contributed by atoms with van der Waals surface area (Å²) in [5.41, 5.74) is 5.35. The van der Waals surface area contributed by atoms with Gasteiger partial charge < -0.3 is 5.32 Å². The summed E-state index contributed by atoms with van der Waals surface area (Å²) in [6.07, 6.45) is 4.03. The molecule has 1 aliphatic heterocycles. The lowest BCUT2D eigenvalue weighted by molar-refractivity contribution is 0.657. The number of fused-ring (bicyclic) bond motifs is 3. The van der Waals surface area contributed by atoms with Crippen molar-refractivity contribution in [2.24, 2.45) is 0 Å². The molecule has 4 heterocycles. The number of hydrogen-bond donors (Lipinski definition) is 1. The van der Waals surface area contributed by atoms with Gasteiger partial charge in [0, 0.05) is 22.7 Å². The third-order valence-electron chi connectivity index (χ3n) is 5.12. The Morgan fingerprint density at radius 2 is 1.66 bits per heavy atom. The molecule has 1 aromatic carbocycles. The minimum atomic E-state index is -0.526. The van der Waals surface area contributed by atoms with E-state index in [0.29, 0.717) is 0 Å². The summed E-state index contributed by atoms with van der Waals surface area (Å²) < 4.78 is 1.60. The van der Waals surface area contributed by atoms with E-state index in [2.05, 4.69) is 73.4 Å². The lowest BCUT2D eigenvalue weighted by Crippen LogP contribution is -2.34. The zero-order valence-electron chi connectivity index (χ0n) is 15.5. The van der Waals surface area contributed by atoms with E-state index in [1.54, 1.807) is 0 Å². The van der Waals surface area contributed by atoms with E-state index in [1.165, 1.54) is 0 Å². The number of anilines is 1. The van der Waals surface area contributed by atoms with Crippen molar-refractivity contribution in [1.29, 1.82) is 0 Å². The van der Waals surface area contributed by atoms with Crippen LogP contribution >= 0.6 is 31.9 Å². The van der Waals surface area contributed by atoms with Crippen LogP contribution in [0.15, 0.2) is 82.1 Å². The van der Waals surface area contributed by atoms with Gasteiger partial charge in [0.1, 0.15) is 9.21 Å². The topological polar surface area (TPSA) is 50.7 Å². The van der Waals surface area contributed by atoms with Crippen molar-refractivity contribution in [2.75, 3.05) is 5.32 Å². The van der Waals surface area contributed by atoms with Gasteiger partial charge in [0.2, 0.25) is 0 Å². The fraction of sp³-hybridized carbons (Fsp3) is 0.0870. The van der Waals surface area contributed by atoms with Gasteiger partial charge in [-0.05, 0) is 75.2 Å². The largest absolute Gasteiger partial charge is 0.369 e. The standard InChI is InChI=1S/C23H16Br2N4/c1-23(18-7-3-9-20(25)28-18)13-16(17-6-2-8-19(24)27-17)15-11-10-14-5-4-12-26-21(14)22(15)29-23/h2-13,29H,1H3. The van der Waals surface area contributed by atoms with E-state index in [4.69, 9.17) is 9.97 Å². The quantitative estimate of drug-likeness (QED) is 0.322. The Kier molecular flexibility index (Phi) is 4.48. The van der Waals surface area contributed by atoms with Crippen molar-refractivity contribution in [3.8, 4) is 0 Å². The van der Waals surface area contributed by atoms with Crippen molar-refractivity contribution < 1.29 is 0 Å². The van der Waals surface area contributed by atoms with E-state index < -0.39 is 5.54 Å². The molecule has 0 radical (unpaired) electrons. The zero-order valence-corrected chi connectivity index (χ0v) is 18.7. The van der Waals surface area contributed by atoms with Crippen LogP contribution in [0.5, 0.6) is 0 Å². The molecular formula is C23H16Br2N4. The minimum absolute atomic E-state index is 0.526. The Labute approximate surface area is 185 Å². The van der Waals surface area contributed by atoms with Crippen LogP contribution in [0.1, 0.15) is 23.9 Å². The van der Waals surface area contributed by atoms with Crippen LogP contribution in [-0.4, -0.2) is 15.0 Å². The second-order valence-corrected chi connectivity index (χ2v) is 8.76. The van der Waals surface area contributed by atoms with E-state index in [1.807, 2.05) is 48.7 Å². The number of nitrogens with one attached hydrogen (secondary N) is 1. The van der Waals surface area contributed by atoms with Crippen molar-refractivity contribution in [1.82, 2.24) is 15.0 Å². The molecule has 0 bridgehead atoms. The van der Waals surface area contributed by atoms with Crippen molar-refractivity contribution in [2.45, 2.75) is 12.5 Å². The second-order valence-electron chi connectivity index (χ2n) is 7.14. The molecule has 4 aromatic rings. The molecule has 1 N–H and O–H groups in total. The number of aromatic nitrogens is 3. The first kappa shape index (κ1) is 18.5. The van der Waals surface area contributed by atoms with Gasteiger partial charge in [-0.1, -0.05) is 30.3 Å². The van der Waals surface area contributed by atoms with Crippen molar-refractivity contribution in [3.05, 3.63) is 99.1 Å². The predicted octanol–water partition coefficient (Wildman–Crippen LogP) is 6.32. The molecule has 0 fully saturated rings. The molecule has 29 heavy (non-hydrogen) atoms. The maximum Gasteiger partial charge on any atom is 0.106 e. The Morgan fingerprint density at radius 3 is 2.45 bits per heavy atom. The Balaban J connectivity index is 1.81. The van der Waals surface area contributed by atoms with E-state index in [9.17, 15) is 0 Å². The summed E-state index contributed by atoms with van der Waals surface area (Å²) in [6, 6.07) is 20.2. The Bertz CT molecular complexity index is 1280. The molecule has 6 heteroatoms. The smallest absolute Gasteiger partial charge is 0.106 e. The number of pyridine rings is 3. The van der Waals surface area contributed by atoms with Crippen LogP contribution in [0.3, 0.4) is 0 Å². The summed E-state index contributed by atoms with van der Waals surface area (Å²) in [4.78, 5) is 14.1. The molecule has 4 nitrogen and oxygen atoms in total.